The van der Waals surface area contributed by atoms with Crippen molar-refractivity contribution in [2.75, 3.05) is 14.2 Å². The van der Waals surface area contributed by atoms with Gasteiger partial charge in [-0.3, -0.25) is 9.59 Å². The minimum Gasteiger partial charge on any atom is -0.468 e. The molecule has 0 spiro atoms. The molecule has 0 aromatic rings. The third-order valence-electron chi connectivity index (χ3n) is 3.12. The predicted octanol–water partition coefficient (Wildman–Crippen LogP) is 3.03. The van der Waals surface area contributed by atoms with E-state index in [0.29, 0.717) is 12.8 Å². The van der Waals surface area contributed by atoms with E-state index in [-0.39, 0.29) is 0 Å². The van der Waals surface area contributed by atoms with Crippen molar-refractivity contribution in [3.63, 3.8) is 0 Å². The second kappa shape index (κ2) is 9.36. The summed E-state index contributed by atoms with van der Waals surface area (Å²) < 4.78 is 9.60. The Kier molecular flexibility index (Phi) is 8.58. The van der Waals surface area contributed by atoms with E-state index >= 15 is 0 Å². The fraction of sp³-hybridized carbons (Fsp3) is 0.600. The van der Waals surface area contributed by atoms with Crippen LogP contribution in [0.5, 0.6) is 0 Å². The number of carbonyl (C=O) groups excluding carboxylic acids is 2. The van der Waals surface area contributed by atoms with Gasteiger partial charge in [0.15, 0.2) is 5.41 Å². The van der Waals surface area contributed by atoms with Crippen molar-refractivity contribution in [3.05, 3.63) is 24.8 Å². The molecule has 4 nitrogen and oxygen atoms in total. The van der Waals surface area contributed by atoms with Crippen molar-refractivity contribution < 1.29 is 19.1 Å². The molecule has 0 aromatic heterocycles. The SMILES string of the molecule is C=CCCCCC(C/C=C/C)(C(=O)OC)C(=O)OC. The summed E-state index contributed by atoms with van der Waals surface area (Å²) in [5.74, 6) is -1.06. The lowest BCUT2D eigenvalue weighted by Gasteiger charge is -2.27. The van der Waals surface area contributed by atoms with Crippen LogP contribution in [0.3, 0.4) is 0 Å². The third-order valence-corrected chi connectivity index (χ3v) is 3.12. The molecule has 0 N–H and O–H groups in total. The summed E-state index contributed by atoms with van der Waals surface area (Å²) in [5.41, 5.74) is -1.23. The highest BCUT2D eigenvalue weighted by molar-refractivity contribution is 6.00. The lowest BCUT2D eigenvalue weighted by molar-refractivity contribution is -0.169. The monoisotopic (exact) mass is 268 g/mol. The highest BCUT2D eigenvalue weighted by Gasteiger charge is 2.46. The number of carbonyl (C=O) groups is 2. The summed E-state index contributed by atoms with van der Waals surface area (Å²) in [5, 5.41) is 0. The molecule has 0 saturated heterocycles. The predicted molar refractivity (Wildman–Crippen MR) is 74.6 cm³/mol. The molecule has 0 fully saturated rings. The summed E-state index contributed by atoms with van der Waals surface area (Å²) in [7, 11) is 2.58. The van der Waals surface area contributed by atoms with Crippen LogP contribution in [0.25, 0.3) is 0 Å². The molecule has 19 heavy (non-hydrogen) atoms. The van der Waals surface area contributed by atoms with Gasteiger partial charge in [0.2, 0.25) is 0 Å². The molecule has 0 aliphatic rings. The lowest BCUT2D eigenvalue weighted by atomic mass is 9.79. The van der Waals surface area contributed by atoms with E-state index in [9.17, 15) is 9.59 Å². The average Bonchev–Trinajstić information content (AvgIpc) is 2.45. The zero-order valence-corrected chi connectivity index (χ0v) is 12.1. The van der Waals surface area contributed by atoms with E-state index in [1.807, 2.05) is 19.1 Å². The summed E-state index contributed by atoms with van der Waals surface area (Å²) in [6.45, 7) is 5.50. The standard InChI is InChI=1S/C15H24O4/c1-5-7-9-10-12-15(11-8-6-2,13(16)18-3)14(17)19-4/h5-6,8H,1,7,9-12H2,2-4H3/b8-6+. The second-order valence-corrected chi connectivity index (χ2v) is 4.37. The van der Waals surface area contributed by atoms with Crippen molar-refractivity contribution in [2.45, 2.75) is 39.0 Å². The number of hydrogen-bond acceptors (Lipinski definition) is 4. The van der Waals surface area contributed by atoms with Crippen LogP contribution < -0.4 is 0 Å². The van der Waals surface area contributed by atoms with Crippen LogP contribution >= 0.6 is 0 Å². The highest BCUT2D eigenvalue weighted by atomic mass is 16.5. The van der Waals surface area contributed by atoms with E-state index in [4.69, 9.17) is 9.47 Å². The van der Waals surface area contributed by atoms with Gasteiger partial charge >= 0.3 is 11.9 Å². The van der Waals surface area contributed by atoms with Gasteiger partial charge in [-0.05, 0) is 32.6 Å². The molecular formula is C15H24O4. The van der Waals surface area contributed by atoms with E-state index in [2.05, 4.69) is 6.58 Å². The quantitative estimate of drug-likeness (QED) is 0.279. The van der Waals surface area contributed by atoms with Crippen molar-refractivity contribution in [1.82, 2.24) is 0 Å². The number of rotatable bonds is 9. The second-order valence-electron chi connectivity index (χ2n) is 4.37. The Morgan fingerprint density at radius 1 is 1.16 bits per heavy atom. The van der Waals surface area contributed by atoms with Crippen molar-refractivity contribution in [2.24, 2.45) is 5.41 Å². The minimum atomic E-state index is -1.23. The van der Waals surface area contributed by atoms with Gasteiger partial charge in [0, 0.05) is 0 Å². The smallest absolute Gasteiger partial charge is 0.323 e. The zero-order valence-electron chi connectivity index (χ0n) is 12.1. The van der Waals surface area contributed by atoms with Crippen LogP contribution in [0.2, 0.25) is 0 Å². The van der Waals surface area contributed by atoms with Crippen LogP contribution in [0, 0.1) is 5.41 Å². The van der Waals surface area contributed by atoms with Gasteiger partial charge in [-0.1, -0.05) is 24.6 Å². The number of hydrogen-bond donors (Lipinski definition) is 0. The van der Waals surface area contributed by atoms with E-state index < -0.39 is 17.4 Å². The van der Waals surface area contributed by atoms with Crippen molar-refractivity contribution in [1.29, 1.82) is 0 Å². The van der Waals surface area contributed by atoms with E-state index in [1.54, 1.807) is 6.08 Å². The topological polar surface area (TPSA) is 52.6 Å². The maximum Gasteiger partial charge on any atom is 0.323 e. The molecule has 0 aliphatic carbocycles. The molecule has 4 heteroatoms. The Morgan fingerprint density at radius 2 is 1.74 bits per heavy atom. The van der Waals surface area contributed by atoms with Gasteiger partial charge < -0.3 is 9.47 Å². The number of esters is 2. The maximum absolute atomic E-state index is 12.0. The zero-order chi connectivity index (χ0) is 14.7. The van der Waals surface area contributed by atoms with Crippen LogP contribution in [-0.2, 0) is 19.1 Å². The Morgan fingerprint density at radius 3 is 2.16 bits per heavy atom. The number of unbranched alkanes of at least 4 members (excludes halogenated alkanes) is 2. The molecule has 0 heterocycles. The first kappa shape index (κ1) is 17.4. The lowest BCUT2D eigenvalue weighted by Crippen LogP contribution is -2.41. The summed E-state index contributed by atoms with van der Waals surface area (Å²) in [4.78, 5) is 24.1. The molecule has 0 aliphatic heterocycles. The fourth-order valence-electron chi connectivity index (χ4n) is 1.98. The molecular weight excluding hydrogens is 244 g/mol. The molecule has 0 rings (SSSR count). The Hall–Kier alpha value is -1.58. The fourth-order valence-corrected chi connectivity index (χ4v) is 1.98. The molecule has 0 radical (unpaired) electrons. The Labute approximate surface area is 115 Å². The minimum absolute atomic E-state index is 0.303. The van der Waals surface area contributed by atoms with Gasteiger partial charge in [-0.15, -0.1) is 6.58 Å². The molecule has 0 saturated carbocycles. The van der Waals surface area contributed by atoms with E-state index in [0.717, 1.165) is 19.3 Å². The molecule has 0 bridgehead atoms. The average molecular weight is 268 g/mol. The molecule has 0 amide bonds. The number of ether oxygens (including phenoxy) is 2. The number of allylic oxidation sites excluding steroid dienone is 3. The largest absolute Gasteiger partial charge is 0.468 e. The van der Waals surface area contributed by atoms with Crippen LogP contribution in [0.4, 0.5) is 0 Å². The molecule has 0 atom stereocenters. The molecule has 108 valence electrons. The van der Waals surface area contributed by atoms with Crippen molar-refractivity contribution in [3.8, 4) is 0 Å². The van der Waals surface area contributed by atoms with Crippen LogP contribution in [0.15, 0.2) is 24.8 Å². The Balaban J connectivity index is 5.05. The van der Waals surface area contributed by atoms with E-state index in [1.165, 1.54) is 14.2 Å². The molecule has 0 aromatic carbocycles. The first-order valence-corrected chi connectivity index (χ1v) is 6.48. The Bertz CT molecular complexity index is 315. The highest BCUT2D eigenvalue weighted by Crippen LogP contribution is 2.33. The first-order valence-electron chi connectivity index (χ1n) is 6.48. The van der Waals surface area contributed by atoms with Crippen molar-refractivity contribution >= 4 is 11.9 Å². The first-order chi connectivity index (χ1) is 9.08. The summed E-state index contributed by atoms with van der Waals surface area (Å²) in [6, 6.07) is 0. The van der Waals surface area contributed by atoms with Gasteiger partial charge in [0.1, 0.15) is 0 Å². The van der Waals surface area contributed by atoms with Gasteiger partial charge in [-0.25, -0.2) is 0 Å². The van der Waals surface area contributed by atoms with Gasteiger partial charge in [0.25, 0.3) is 0 Å². The third kappa shape index (κ3) is 4.89. The van der Waals surface area contributed by atoms with Gasteiger partial charge in [-0.2, -0.15) is 0 Å². The van der Waals surface area contributed by atoms with Gasteiger partial charge in [0.05, 0.1) is 14.2 Å². The maximum atomic E-state index is 12.0. The summed E-state index contributed by atoms with van der Waals surface area (Å²) in [6.07, 6.45) is 8.64. The van der Waals surface area contributed by atoms with Crippen LogP contribution in [-0.4, -0.2) is 26.2 Å². The molecule has 0 unspecified atom stereocenters. The number of methoxy groups -OCH3 is 2. The van der Waals surface area contributed by atoms with Crippen LogP contribution in [0.1, 0.15) is 39.0 Å². The summed E-state index contributed by atoms with van der Waals surface area (Å²) >= 11 is 0. The normalized spacial score (nSPS) is 11.3.